The molecule has 0 saturated carbocycles. The standard InChI is InChI=1S/C6H6F6O/c1-4(2-3-13,5(7,8)9)6(10,11)12/h2-3,13H,1H3. The smallest absolute Gasteiger partial charge is 0.406 e. The Morgan fingerprint density at radius 1 is 0.923 bits per heavy atom. The molecule has 0 spiro atoms. The van der Waals surface area contributed by atoms with Crippen LogP contribution in [0.1, 0.15) is 6.92 Å². The van der Waals surface area contributed by atoms with Crippen LogP contribution in [-0.2, 0) is 0 Å². The van der Waals surface area contributed by atoms with Crippen molar-refractivity contribution in [2.24, 2.45) is 5.41 Å². The molecule has 0 amide bonds. The first-order valence-electron chi connectivity index (χ1n) is 3.01. The van der Waals surface area contributed by atoms with Crippen molar-refractivity contribution in [3.8, 4) is 0 Å². The average Bonchev–Trinajstić information content (AvgIpc) is 1.82. The molecule has 0 unspecified atom stereocenters. The van der Waals surface area contributed by atoms with Crippen LogP contribution in [0.4, 0.5) is 26.3 Å². The van der Waals surface area contributed by atoms with E-state index in [1.807, 2.05) is 0 Å². The third-order valence-electron chi connectivity index (χ3n) is 1.59. The predicted octanol–water partition coefficient (Wildman–Crippen LogP) is 3.19. The molecule has 0 rings (SSSR count). The van der Waals surface area contributed by atoms with E-state index in [2.05, 4.69) is 0 Å². The lowest BCUT2D eigenvalue weighted by molar-refractivity contribution is -0.315. The summed E-state index contributed by atoms with van der Waals surface area (Å²) in [7, 11) is 0. The molecule has 0 aliphatic heterocycles. The number of rotatable bonds is 1. The van der Waals surface area contributed by atoms with Crippen molar-refractivity contribution >= 4 is 0 Å². The quantitative estimate of drug-likeness (QED) is 0.518. The molecular weight excluding hydrogens is 202 g/mol. The van der Waals surface area contributed by atoms with E-state index >= 15 is 0 Å². The summed E-state index contributed by atoms with van der Waals surface area (Å²) >= 11 is 0. The first kappa shape index (κ1) is 12.1. The van der Waals surface area contributed by atoms with Gasteiger partial charge in [-0.1, -0.05) is 0 Å². The van der Waals surface area contributed by atoms with E-state index in [1.54, 1.807) is 0 Å². The zero-order valence-corrected chi connectivity index (χ0v) is 6.37. The molecule has 0 heterocycles. The number of aliphatic hydroxyl groups excluding tert-OH is 1. The molecular formula is C6H6F6O. The van der Waals surface area contributed by atoms with Crippen LogP contribution in [0.3, 0.4) is 0 Å². The van der Waals surface area contributed by atoms with Crippen LogP contribution >= 0.6 is 0 Å². The van der Waals surface area contributed by atoms with Gasteiger partial charge in [-0.2, -0.15) is 26.3 Å². The summed E-state index contributed by atoms with van der Waals surface area (Å²) in [6.07, 6.45) is -11.6. The SMILES string of the molecule is CC(C=CO)(C(F)(F)F)C(F)(F)F. The fraction of sp³-hybridized carbons (Fsp3) is 0.667. The summed E-state index contributed by atoms with van der Waals surface area (Å²) in [5.74, 6) is 0. The lowest BCUT2D eigenvalue weighted by atomic mass is 9.89. The zero-order valence-electron chi connectivity index (χ0n) is 6.37. The van der Waals surface area contributed by atoms with Gasteiger partial charge in [0.1, 0.15) is 0 Å². The molecule has 0 radical (unpaired) electrons. The van der Waals surface area contributed by atoms with Gasteiger partial charge >= 0.3 is 12.4 Å². The first-order valence-corrected chi connectivity index (χ1v) is 3.01. The van der Waals surface area contributed by atoms with E-state index in [1.165, 1.54) is 0 Å². The third kappa shape index (κ3) is 2.07. The lowest BCUT2D eigenvalue weighted by Gasteiger charge is -2.30. The van der Waals surface area contributed by atoms with Crippen LogP contribution in [0, 0.1) is 5.41 Å². The number of alkyl halides is 6. The van der Waals surface area contributed by atoms with Gasteiger partial charge in [-0.3, -0.25) is 0 Å². The Morgan fingerprint density at radius 3 is 1.31 bits per heavy atom. The minimum Gasteiger partial charge on any atom is -0.516 e. The largest absolute Gasteiger partial charge is 0.516 e. The molecule has 0 atom stereocenters. The first-order chi connectivity index (χ1) is 5.56. The highest BCUT2D eigenvalue weighted by Gasteiger charge is 2.66. The number of hydrogen-bond acceptors (Lipinski definition) is 1. The van der Waals surface area contributed by atoms with Crippen LogP contribution < -0.4 is 0 Å². The Kier molecular flexibility index (Phi) is 2.90. The molecule has 0 aromatic rings. The second-order valence-electron chi connectivity index (χ2n) is 2.51. The van der Waals surface area contributed by atoms with Crippen LogP contribution in [-0.4, -0.2) is 17.5 Å². The van der Waals surface area contributed by atoms with Gasteiger partial charge in [0.2, 0.25) is 0 Å². The maximum Gasteiger partial charge on any atom is 0.406 e. The zero-order chi connectivity index (χ0) is 10.9. The highest BCUT2D eigenvalue weighted by atomic mass is 19.4. The number of allylic oxidation sites excluding steroid dienone is 1. The van der Waals surface area contributed by atoms with Gasteiger partial charge in [0.05, 0.1) is 6.26 Å². The normalized spacial score (nSPS) is 15.3. The highest BCUT2D eigenvalue weighted by molar-refractivity contribution is 5.03. The van der Waals surface area contributed by atoms with Crippen LogP contribution in [0.2, 0.25) is 0 Å². The van der Waals surface area contributed by atoms with Crippen molar-refractivity contribution in [1.29, 1.82) is 0 Å². The van der Waals surface area contributed by atoms with Gasteiger partial charge < -0.3 is 5.11 Å². The van der Waals surface area contributed by atoms with Gasteiger partial charge in [0, 0.05) is 0 Å². The summed E-state index contributed by atoms with van der Waals surface area (Å²) in [4.78, 5) is 0. The summed E-state index contributed by atoms with van der Waals surface area (Å²) < 4.78 is 71.4. The van der Waals surface area contributed by atoms with Gasteiger partial charge in [0.25, 0.3) is 0 Å². The van der Waals surface area contributed by atoms with E-state index in [9.17, 15) is 26.3 Å². The van der Waals surface area contributed by atoms with E-state index in [0.717, 1.165) is 0 Å². The average molecular weight is 208 g/mol. The Bertz CT molecular complexity index is 186. The van der Waals surface area contributed by atoms with E-state index in [4.69, 9.17) is 5.11 Å². The number of halogens is 6. The fourth-order valence-corrected chi connectivity index (χ4v) is 0.499. The molecule has 13 heavy (non-hydrogen) atoms. The summed E-state index contributed by atoms with van der Waals surface area (Å²) in [6, 6.07) is 0. The molecule has 78 valence electrons. The maximum absolute atomic E-state index is 11.9. The van der Waals surface area contributed by atoms with Crippen molar-refractivity contribution in [3.05, 3.63) is 12.3 Å². The predicted molar refractivity (Wildman–Crippen MR) is 32.0 cm³/mol. The minimum absolute atomic E-state index is 0.0558. The van der Waals surface area contributed by atoms with Gasteiger partial charge in [-0.05, 0) is 13.0 Å². The molecule has 0 saturated heterocycles. The van der Waals surface area contributed by atoms with Crippen molar-refractivity contribution in [3.63, 3.8) is 0 Å². The molecule has 7 heteroatoms. The monoisotopic (exact) mass is 208 g/mol. The van der Waals surface area contributed by atoms with Crippen molar-refractivity contribution in [2.75, 3.05) is 0 Å². The molecule has 0 aliphatic rings. The molecule has 0 aliphatic carbocycles. The van der Waals surface area contributed by atoms with Gasteiger partial charge in [0.15, 0.2) is 5.41 Å². The van der Waals surface area contributed by atoms with Crippen LogP contribution in [0.5, 0.6) is 0 Å². The Hall–Kier alpha value is -0.880. The van der Waals surface area contributed by atoms with Crippen molar-refractivity contribution < 1.29 is 31.4 Å². The second-order valence-corrected chi connectivity index (χ2v) is 2.51. The lowest BCUT2D eigenvalue weighted by Crippen LogP contribution is -2.46. The molecule has 1 nitrogen and oxygen atoms in total. The fourth-order valence-electron chi connectivity index (χ4n) is 0.499. The molecule has 0 aromatic carbocycles. The Balaban J connectivity index is 5.21. The van der Waals surface area contributed by atoms with Crippen molar-refractivity contribution in [1.82, 2.24) is 0 Å². The summed E-state index contributed by atoms with van der Waals surface area (Å²) in [5, 5.41) is 7.95. The summed E-state index contributed by atoms with van der Waals surface area (Å²) in [5.41, 5.74) is -4.01. The van der Waals surface area contributed by atoms with Gasteiger partial charge in [-0.15, -0.1) is 0 Å². The molecule has 1 N–H and O–H groups in total. The molecule has 0 aromatic heterocycles. The van der Waals surface area contributed by atoms with E-state index in [-0.39, 0.29) is 19.3 Å². The third-order valence-corrected chi connectivity index (χ3v) is 1.59. The van der Waals surface area contributed by atoms with Crippen molar-refractivity contribution in [2.45, 2.75) is 19.3 Å². The van der Waals surface area contributed by atoms with E-state index in [0.29, 0.717) is 0 Å². The van der Waals surface area contributed by atoms with Crippen LogP contribution in [0.15, 0.2) is 12.3 Å². The van der Waals surface area contributed by atoms with Gasteiger partial charge in [-0.25, -0.2) is 0 Å². The summed E-state index contributed by atoms with van der Waals surface area (Å²) in [6.45, 7) is -0.0558. The Labute approximate surface area is 69.7 Å². The molecule has 0 fully saturated rings. The molecule has 0 bridgehead atoms. The topological polar surface area (TPSA) is 20.2 Å². The highest BCUT2D eigenvalue weighted by Crippen LogP contribution is 2.50. The maximum atomic E-state index is 11.9. The second kappa shape index (κ2) is 3.12. The number of aliphatic hydroxyl groups is 1. The van der Waals surface area contributed by atoms with Crippen LogP contribution in [0.25, 0.3) is 0 Å². The number of hydrogen-bond donors (Lipinski definition) is 1. The Morgan fingerprint density at radius 2 is 1.23 bits per heavy atom. The minimum atomic E-state index is -5.48. The van der Waals surface area contributed by atoms with E-state index < -0.39 is 17.8 Å².